The van der Waals surface area contributed by atoms with Crippen LogP contribution in [0.25, 0.3) is 11.4 Å². The Balaban J connectivity index is 1.66. The minimum Gasteiger partial charge on any atom is -0.348 e. The Morgan fingerprint density at radius 1 is 1.08 bits per heavy atom. The molecule has 3 rings (SSSR count). The molecule has 0 aliphatic rings. The number of nitrogens with zero attached hydrogens (tertiary/aromatic N) is 2. The number of halogens is 2. The highest BCUT2D eigenvalue weighted by molar-refractivity contribution is 6.30. The van der Waals surface area contributed by atoms with Gasteiger partial charge in [0.15, 0.2) is 5.82 Å². The molecule has 0 spiro atoms. The van der Waals surface area contributed by atoms with Crippen LogP contribution in [0.4, 0.5) is 4.39 Å². The van der Waals surface area contributed by atoms with E-state index in [0.717, 1.165) is 5.56 Å². The zero-order valence-corrected chi connectivity index (χ0v) is 13.3. The van der Waals surface area contributed by atoms with Crippen LogP contribution in [0, 0.1) is 5.82 Å². The summed E-state index contributed by atoms with van der Waals surface area (Å²) < 4.78 is 13.2. The summed E-state index contributed by atoms with van der Waals surface area (Å²) in [4.78, 5) is 20.4. The second-order valence-corrected chi connectivity index (χ2v) is 5.55. The number of nitrogens with one attached hydrogen (secondary N) is 1. The molecule has 1 amide bonds. The van der Waals surface area contributed by atoms with Crippen molar-refractivity contribution in [1.29, 1.82) is 0 Å². The predicted molar refractivity (Wildman–Crippen MR) is 90.0 cm³/mol. The van der Waals surface area contributed by atoms with Gasteiger partial charge in [0.25, 0.3) is 5.91 Å². The number of hydrogen-bond donors (Lipinski definition) is 1. The minimum atomic E-state index is -0.360. The van der Waals surface area contributed by atoms with Gasteiger partial charge in [-0.25, -0.2) is 14.4 Å². The average molecular weight is 342 g/mol. The number of carbonyl (C=O) groups is 1. The summed E-state index contributed by atoms with van der Waals surface area (Å²) in [5.41, 5.74) is 1.83. The van der Waals surface area contributed by atoms with Crippen LogP contribution in [-0.4, -0.2) is 15.9 Å². The van der Waals surface area contributed by atoms with Crippen LogP contribution in [0.5, 0.6) is 0 Å². The fraction of sp³-hybridized carbons (Fsp3) is 0.0556. The van der Waals surface area contributed by atoms with E-state index in [1.165, 1.54) is 24.5 Å². The summed E-state index contributed by atoms with van der Waals surface area (Å²) in [5, 5.41) is 3.43. The van der Waals surface area contributed by atoms with Crippen molar-refractivity contribution in [3.63, 3.8) is 0 Å². The van der Waals surface area contributed by atoms with E-state index >= 15 is 0 Å². The molecule has 0 atom stereocenters. The standard InChI is InChI=1S/C18H13ClFN3O/c19-15-6-4-12(5-7-15)9-23-18(24)14-10-21-17(22-11-14)13-2-1-3-16(20)8-13/h1-8,10-11H,9H2,(H,23,24). The van der Waals surface area contributed by atoms with Crippen molar-refractivity contribution < 1.29 is 9.18 Å². The molecule has 2 aromatic carbocycles. The maximum Gasteiger partial charge on any atom is 0.254 e. The largest absolute Gasteiger partial charge is 0.348 e. The third kappa shape index (κ3) is 3.94. The molecule has 0 fully saturated rings. The Hall–Kier alpha value is -2.79. The summed E-state index contributed by atoms with van der Waals surface area (Å²) in [7, 11) is 0. The molecule has 0 saturated carbocycles. The Morgan fingerprint density at radius 2 is 1.79 bits per heavy atom. The molecule has 3 aromatic rings. The molecule has 0 bridgehead atoms. The van der Waals surface area contributed by atoms with Gasteiger partial charge in [0, 0.05) is 29.5 Å². The first kappa shape index (κ1) is 16.1. The second kappa shape index (κ2) is 7.19. The van der Waals surface area contributed by atoms with E-state index in [-0.39, 0.29) is 11.7 Å². The first-order valence-electron chi connectivity index (χ1n) is 7.22. The number of hydrogen-bond acceptors (Lipinski definition) is 3. The molecule has 6 heteroatoms. The van der Waals surface area contributed by atoms with Gasteiger partial charge in [0.1, 0.15) is 5.82 Å². The number of rotatable bonds is 4. The smallest absolute Gasteiger partial charge is 0.254 e. The maximum atomic E-state index is 13.2. The third-order valence-electron chi connectivity index (χ3n) is 3.36. The quantitative estimate of drug-likeness (QED) is 0.783. The summed E-state index contributed by atoms with van der Waals surface area (Å²) >= 11 is 5.82. The molecule has 0 aliphatic carbocycles. The first-order valence-corrected chi connectivity index (χ1v) is 7.60. The molecule has 120 valence electrons. The Kier molecular flexibility index (Phi) is 4.82. The monoisotopic (exact) mass is 341 g/mol. The van der Waals surface area contributed by atoms with Crippen molar-refractivity contribution >= 4 is 17.5 Å². The SMILES string of the molecule is O=C(NCc1ccc(Cl)cc1)c1cnc(-c2cccc(F)c2)nc1. The van der Waals surface area contributed by atoms with Crippen LogP contribution in [0.1, 0.15) is 15.9 Å². The van der Waals surface area contributed by atoms with Gasteiger partial charge in [-0.1, -0.05) is 35.9 Å². The van der Waals surface area contributed by atoms with E-state index in [0.29, 0.717) is 28.5 Å². The molecule has 4 nitrogen and oxygen atoms in total. The van der Waals surface area contributed by atoms with Crippen LogP contribution in [-0.2, 0) is 6.54 Å². The van der Waals surface area contributed by atoms with Crippen LogP contribution >= 0.6 is 11.6 Å². The van der Waals surface area contributed by atoms with Crippen molar-refractivity contribution in [3.8, 4) is 11.4 Å². The zero-order valence-electron chi connectivity index (χ0n) is 12.5. The molecule has 1 N–H and O–H groups in total. The van der Waals surface area contributed by atoms with Crippen LogP contribution in [0.2, 0.25) is 5.02 Å². The van der Waals surface area contributed by atoms with Crippen LogP contribution in [0.15, 0.2) is 60.9 Å². The number of amides is 1. The molecule has 1 heterocycles. The van der Waals surface area contributed by atoms with E-state index < -0.39 is 0 Å². The van der Waals surface area contributed by atoms with Crippen molar-refractivity contribution in [2.24, 2.45) is 0 Å². The molecular weight excluding hydrogens is 329 g/mol. The van der Waals surface area contributed by atoms with E-state index in [9.17, 15) is 9.18 Å². The summed E-state index contributed by atoms with van der Waals surface area (Å²) in [6.45, 7) is 0.377. The molecular formula is C18H13ClFN3O. The van der Waals surface area contributed by atoms with Gasteiger partial charge >= 0.3 is 0 Å². The molecule has 0 saturated heterocycles. The van der Waals surface area contributed by atoms with E-state index in [2.05, 4.69) is 15.3 Å². The second-order valence-electron chi connectivity index (χ2n) is 5.11. The Labute approximate surface area is 143 Å². The number of aromatic nitrogens is 2. The number of benzene rings is 2. The third-order valence-corrected chi connectivity index (χ3v) is 3.62. The van der Waals surface area contributed by atoms with E-state index in [4.69, 9.17) is 11.6 Å². The van der Waals surface area contributed by atoms with Gasteiger partial charge in [0.05, 0.1) is 5.56 Å². The lowest BCUT2D eigenvalue weighted by Crippen LogP contribution is -2.23. The molecule has 1 aromatic heterocycles. The molecule has 0 unspecified atom stereocenters. The Morgan fingerprint density at radius 3 is 2.46 bits per heavy atom. The number of carbonyl (C=O) groups excluding carboxylic acids is 1. The van der Waals surface area contributed by atoms with Gasteiger partial charge in [0.2, 0.25) is 0 Å². The van der Waals surface area contributed by atoms with Gasteiger partial charge in [-0.2, -0.15) is 0 Å². The summed E-state index contributed by atoms with van der Waals surface area (Å²) in [6.07, 6.45) is 2.84. The first-order chi connectivity index (χ1) is 11.6. The predicted octanol–water partition coefficient (Wildman–Crippen LogP) is 3.87. The summed E-state index contributed by atoms with van der Waals surface area (Å²) in [6, 6.07) is 13.2. The highest BCUT2D eigenvalue weighted by atomic mass is 35.5. The molecule has 0 aliphatic heterocycles. The zero-order chi connectivity index (χ0) is 16.9. The molecule has 0 radical (unpaired) electrons. The average Bonchev–Trinajstić information content (AvgIpc) is 2.61. The highest BCUT2D eigenvalue weighted by Gasteiger charge is 2.08. The van der Waals surface area contributed by atoms with Gasteiger partial charge in [-0.05, 0) is 29.8 Å². The van der Waals surface area contributed by atoms with E-state index in [1.54, 1.807) is 24.3 Å². The normalized spacial score (nSPS) is 10.4. The van der Waals surface area contributed by atoms with Gasteiger partial charge < -0.3 is 5.32 Å². The fourth-order valence-electron chi connectivity index (χ4n) is 2.11. The van der Waals surface area contributed by atoms with Crippen molar-refractivity contribution in [2.75, 3.05) is 0 Å². The maximum absolute atomic E-state index is 13.2. The Bertz CT molecular complexity index is 851. The van der Waals surface area contributed by atoms with Crippen molar-refractivity contribution in [1.82, 2.24) is 15.3 Å². The topological polar surface area (TPSA) is 54.9 Å². The van der Waals surface area contributed by atoms with E-state index in [1.807, 2.05) is 12.1 Å². The lowest BCUT2D eigenvalue weighted by molar-refractivity contribution is 0.0950. The van der Waals surface area contributed by atoms with Gasteiger partial charge in [-0.15, -0.1) is 0 Å². The van der Waals surface area contributed by atoms with Crippen LogP contribution in [0.3, 0.4) is 0 Å². The van der Waals surface area contributed by atoms with Gasteiger partial charge in [-0.3, -0.25) is 4.79 Å². The fourth-order valence-corrected chi connectivity index (χ4v) is 2.23. The summed E-state index contributed by atoms with van der Waals surface area (Å²) in [5.74, 6) is -0.277. The van der Waals surface area contributed by atoms with Crippen molar-refractivity contribution in [2.45, 2.75) is 6.54 Å². The molecule has 24 heavy (non-hydrogen) atoms. The van der Waals surface area contributed by atoms with Crippen LogP contribution < -0.4 is 5.32 Å². The van der Waals surface area contributed by atoms with Crippen molar-refractivity contribution in [3.05, 3.63) is 82.9 Å². The highest BCUT2D eigenvalue weighted by Crippen LogP contribution is 2.15. The lowest BCUT2D eigenvalue weighted by atomic mass is 10.2. The minimum absolute atomic E-state index is 0.282. The lowest BCUT2D eigenvalue weighted by Gasteiger charge is -2.06.